The number of ether oxygens (including phenoxy) is 1. The Bertz CT molecular complexity index is 1010. The first-order valence-corrected chi connectivity index (χ1v) is 12.3. The summed E-state index contributed by atoms with van der Waals surface area (Å²) < 4.78 is 20.2. The Morgan fingerprint density at radius 2 is 1.79 bits per heavy atom. The van der Waals surface area contributed by atoms with E-state index in [0.717, 1.165) is 24.8 Å². The highest BCUT2D eigenvalue weighted by atomic mass is 19.1. The highest BCUT2D eigenvalue weighted by Crippen LogP contribution is 2.42. The molecule has 1 aliphatic heterocycles. The van der Waals surface area contributed by atoms with Crippen LogP contribution in [0.4, 0.5) is 14.9 Å². The van der Waals surface area contributed by atoms with Crippen molar-refractivity contribution in [3.63, 3.8) is 0 Å². The summed E-state index contributed by atoms with van der Waals surface area (Å²) in [5, 5.41) is 0. The number of benzene rings is 2. The Morgan fingerprint density at radius 3 is 2.38 bits per heavy atom. The van der Waals surface area contributed by atoms with E-state index in [0.29, 0.717) is 29.8 Å². The van der Waals surface area contributed by atoms with Crippen LogP contribution >= 0.6 is 0 Å². The summed E-state index contributed by atoms with van der Waals surface area (Å²) in [6.07, 6.45) is 2.70. The fraction of sp³-hybridized carbons (Fsp3) is 0.500. The summed E-state index contributed by atoms with van der Waals surface area (Å²) >= 11 is 0. The van der Waals surface area contributed by atoms with Crippen LogP contribution in [0.5, 0.6) is 0 Å². The number of halogens is 1. The quantitative estimate of drug-likeness (QED) is 0.463. The summed E-state index contributed by atoms with van der Waals surface area (Å²) in [4.78, 5) is 30.2. The molecule has 0 unspecified atom stereocenters. The van der Waals surface area contributed by atoms with Crippen molar-refractivity contribution in [2.45, 2.75) is 84.9 Å². The third-order valence-corrected chi connectivity index (χ3v) is 6.20. The van der Waals surface area contributed by atoms with Crippen LogP contribution in [0.1, 0.15) is 88.3 Å². The number of fused-ring (bicyclic) bond motifs is 1. The number of nitrogens with zero attached hydrogens (tertiary/aromatic N) is 2. The second-order valence-corrected chi connectivity index (χ2v) is 10.1. The van der Waals surface area contributed by atoms with Gasteiger partial charge in [0.25, 0.3) is 5.91 Å². The first-order valence-electron chi connectivity index (χ1n) is 12.3. The van der Waals surface area contributed by atoms with Gasteiger partial charge in [-0.2, -0.15) is 0 Å². The first kappa shape index (κ1) is 25.7. The molecule has 0 saturated carbocycles. The van der Waals surface area contributed by atoms with Gasteiger partial charge >= 0.3 is 6.09 Å². The van der Waals surface area contributed by atoms with Gasteiger partial charge < -0.3 is 14.5 Å². The van der Waals surface area contributed by atoms with E-state index < -0.39 is 17.5 Å². The maximum absolute atomic E-state index is 14.4. The minimum Gasteiger partial charge on any atom is -0.444 e. The van der Waals surface area contributed by atoms with Gasteiger partial charge in [-0.1, -0.05) is 32.4 Å². The maximum Gasteiger partial charge on any atom is 0.410 e. The molecule has 0 aromatic heterocycles. The fourth-order valence-electron chi connectivity index (χ4n) is 4.45. The number of aryl methyl sites for hydroxylation is 1. The lowest BCUT2D eigenvalue weighted by Gasteiger charge is -2.43. The van der Waals surface area contributed by atoms with Gasteiger partial charge in [0.1, 0.15) is 11.4 Å². The van der Waals surface area contributed by atoms with E-state index in [1.165, 1.54) is 12.1 Å². The number of amides is 2. The summed E-state index contributed by atoms with van der Waals surface area (Å²) in [5.74, 6) is -0.517. The van der Waals surface area contributed by atoms with Crippen LogP contribution in [0.15, 0.2) is 42.5 Å². The maximum atomic E-state index is 14.4. The third-order valence-electron chi connectivity index (χ3n) is 6.20. The van der Waals surface area contributed by atoms with E-state index in [9.17, 15) is 14.0 Å². The number of hydrogen-bond donors (Lipinski definition) is 0. The van der Waals surface area contributed by atoms with Crippen LogP contribution in [0.3, 0.4) is 0 Å². The van der Waals surface area contributed by atoms with E-state index >= 15 is 0 Å². The molecule has 0 aliphatic carbocycles. The summed E-state index contributed by atoms with van der Waals surface area (Å²) in [6.45, 7) is 12.1. The van der Waals surface area contributed by atoms with Crippen LogP contribution in [-0.2, 0) is 11.2 Å². The molecule has 6 heteroatoms. The monoisotopic (exact) mass is 468 g/mol. The molecule has 2 amide bonds. The van der Waals surface area contributed by atoms with Crippen molar-refractivity contribution in [1.29, 1.82) is 0 Å². The normalized spacial score (nSPS) is 17.8. The Kier molecular flexibility index (Phi) is 8.01. The van der Waals surface area contributed by atoms with Gasteiger partial charge in [-0.25, -0.2) is 9.18 Å². The second kappa shape index (κ2) is 10.6. The highest BCUT2D eigenvalue weighted by molar-refractivity contribution is 6.07. The molecule has 0 N–H and O–H groups in total. The van der Waals surface area contributed by atoms with Crippen LogP contribution in [-0.4, -0.2) is 35.1 Å². The second-order valence-electron chi connectivity index (χ2n) is 10.1. The van der Waals surface area contributed by atoms with Crippen LogP contribution in [0.2, 0.25) is 0 Å². The van der Waals surface area contributed by atoms with Crippen molar-refractivity contribution >= 4 is 17.7 Å². The molecular weight excluding hydrogens is 431 g/mol. The van der Waals surface area contributed by atoms with Crippen LogP contribution < -0.4 is 4.90 Å². The smallest absolute Gasteiger partial charge is 0.410 e. The lowest BCUT2D eigenvalue weighted by molar-refractivity contribution is 0.0134. The van der Waals surface area contributed by atoms with Crippen LogP contribution in [0, 0.1) is 5.82 Å². The first-order chi connectivity index (χ1) is 16.1. The molecule has 0 radical (unpaired) electrons. The van der Waals surface area contributed by atoms with E-state index in [2.05, 4.69) is 13.8 Å². The molecule has 0 bridgehead atoms. The number of carbonyl (C=O) groups is 2. The Hall–Kier alpha value is -2.89. The van der Waals surface area contributed by atoms with E-state index in [4.69, 9.17) is 4.74 Å². The predicted molar refractivity (Wildman–Crippen MR) is 134 cm³/mol. The lowest BCUT2D eigenvalue weighted by atomic mass is 9.89. The average Bonchev–Trinajstić information content (AvgIpc) is 2.78. The minimum absolute atomic E-state index is 0.126. The number of carbonyl (C=O) groups excluding carboxylic acids is 2. The lowest BCUT2D eigenvalue weighted by Crippen LogP contribution is -2.48. The van der Waals surface area contributed by atoms with E-state index in [-0.39, 0.29) is 18.0 Å². The van der Waals surface area contributed by atoms with E-state index in [1.54, 1.807) is 15.9 Å². The molecule has 0 fully saturated rings. The van der Waals surface area contributed by atoms with Crippen molar-refractivity contribution in [1.82, 2.24) is 4.90 Å². The molecule has 2 aromatic carbocycles. The summed E-state index contributed by atoms with van der Waals surface area (Å²) in [7, 11) is 0. The Morgan fingerprint density at radius 1 is 1.12 bits per heavy atom. The zero-order valence-electron chi connectivity index (χ0n) is 21.2. The van der Waals surface area contributed by atoms with Gasteiger partial charge in [0.15, 0.2) is 0 Å². The molecule has 34 heavy (non-hydrogen) atoms. The van der Waals surface area contributed by atoms with Gasteiger partial charge in [0, 0.05) is 29.4 Å². The number of rotatable bonds is 6. The van der Waals surface area contributed by atoms with Gasteiger partial charge in [0.2, 0.25) is 0 Å². The zero-order chi connectivity index (χ0) is 25.0. The van der Waals surface area contributed by atoms with Crippen molar-refractivity contribution in [2.24, 2.45) is 0 Å². The highest BCUT2D eigenvalue weighted by Gasteiger charge is 2.39. The van der Waals surface area contributed by atoms with Crippen molar-refractivity contribution in [3.05, 3.63) is 65.0 Å². The topological polar surface area (TPSA) is 49.9 Å². The zero-order valence-corrected chi connectivity index (χ0v) is 21.2. The number of unbranched alkanes of at least 4 members (excludes halogenated alkanes) is 1. The molecule has 5 nitrogen and oxygen atoms in total. The molecule has 2 aromatic rings. The largest absolute Gasteiger partial charge is 0.444 e. The summed E-state index contributed by atoms with van der Waals surface area (Å²) in [5.41, 5.74) is 2.39. The molecule has 1 aliphatic rings. The SMILES string of the molecule is CCCCN(C(=O)OC(C)(C)C)[C@H]1C[C@@H](C)N(C(=O)c2ccc(CC)cc2)c2ccc(F)cc21. The molecular formula is C28H37FN2O3. The van der Waals surface area contributed by atoms with Gasteiger partial charge in [-0.05, 0) is 82.9 Å². The van der Waals surface area contributed by atoms with Crippen molar-refractivity contribution in [2.75, 3.05) is 11.4 Å². The number of anilines is 1. The van der Waals surface area contributed by atoms with Crippen molar-refractivity contribution in [3.8, 4) is 0 Å². The summed E-state index contributed by atoms with van der Waals surface area (Å²) in [6, 6.07) is 11.5. The Balaban J connectivity index is 2.02. The van der Waals surface area contributed by atoms with Crippen molar-refractivity contribution < 1.29 is 18.7 Å². The molecule has 2 atom stereocenters. The van der Waals surface area contributed by atoms with Gasteiger partial charge in [-0.3, -0.25) is 4.79 Å². The minimum atomic E-state index is -0.640. The fourth-order valence-corrected chi connectivity index (χ4v) is 4.45. The standard InChI is InChI=1S/C28H37FN2O3/c1-7-9-16-30(27(33)34-28(4,5)6)25-17-19(3)31(24-15-14-22(29)18-23(24)25)26(32)21-12-10-20(8-2)11-13-21/h10-15,18-19,25H,7-9,16-17H2,1-6H3/t19-,25+/m1/s1. The molecule has 0 spiro atoms. The number of hydrogen-bond acceptors (Lipinski definition) is 3. The average molecular weight is 469 g/mol. The van der Waals surface area contributed by atoms with E-state index in [1.807, 2.05) is 52.0 Å². The predicted octanol–water partition coefficient (Wildman–Crippen LogP) is 6.91. The Labute approximate surface area is 202 Å². The molecule has 184 valence electrons. The van der Waals surface area contributed by atoms with Gasteiger partial charge in [-0.15, -0.1) is 0 Å². The molecule has 3 rings (SSSR count). The molecule has 1 heterocycles. The molecule has 0 saturated heterocycles. The third kappa shape index (κ3) is 5.78. The van der Waals surface area contributed by atoms with Gasteiger partial charge in [0.05, 0.1) is 6.04 Å². The van der Waals surface area contributed by atoms with Crippen LogP contribution in [0.25, 0.3) is 0 Å².